The van der Waals surface area contributed by atoms with Gasteiger partial charge in [-0.1, -0.05) is 20.8 Å². The summed E-state index contributed by atoms with van der Waals surface area (Å²) in [5.74, 6) is 3.88. The van der Waals surface area contributed by atoms with Crippen molar-refractivity contribution < 1.29 is 0 Å². The van der Waals surface area contributed by atoms with Gasteiger partial charge in [-0.2, -0.15) is 11.8 Å². The van der Waals surface area contributed by atoms with Crippen molar-refractivity contribution in [2.45, 2.75) is 52.2 Å². The smallest absolute Gasteiger partial charge is 0.193 e. The number of nitrogens with zero attached hydrogens (tertiary/aromatic N) is 3. The van der Waals surface area contributed by atoms with Gasteiger partial charge in [-0.3, -0.25) is 4.99 Å². The zero-order valence-corrected chi connectivity index (χ0v) is 17.1. The Kier molecular flexibility index (Phi) is 8.74. The summed E-state index contributed by atoms with van der Waals surface area (Å²) in [4.78, 5) is 10.2. The molecular weight excluding hydrogens is 316 g/mol. The summed E-state index contributed by atoms with van der Waals surface area (Å²) >= 11 is 2.12. The summed E-state index contributed by atoms with van der Waals surface area (Å²) < 4.78 is 0. The van der Waals surface area contributed by atoms with Crippen molar-refractivity contribution in [2.24, 2.45) is 16.8 Å². The van der Waals surface area contributed by atoms with Crippen molar-refractivity contribution in [2.75, 3.05) is 51.6 Å². The van der Waals surface area contributed by atoms with Crippen LogP contribution in [0.15, 0.2) is 4.99 Å². The molecule has 0 amide bonds. The van der Waals surface area contributed by atoms with Gasteiger partial charge < -0.3 is 15.1 Å². The molecule has 4 nitrogen and oxygen atoms in total. The molecule has 2 aliphatic heterocycles. The lowest BCUT2D eigenvalue weighted by molar-refractivity contribution is 0.162. The first-order chi connectivity index (χ1) is 11.6. The van der Waals surface area contributed by atoms with Crippen LogP contribution >= 0.6 is 11.8 Å². The maximum absolute atomic E-state index is 5.04. The van der Waals surface area contributed by atoms with E-state index in [-0.39, 0.29) is 0 Å². The highest BCUT2D eigenvalue weighted by molar-refractivity contribution is 8.00. The quantitative estimate of drug-likeness (QED) is 0.586. The van der Waals surface area contributed by atoms with Crippen LogP contribution in [0.5, 0.6) is 0 Å². The lowest BCUT2D eigenvalue weighted by Gasteiger charge is -2.35. The van der Waals surface area contributed by atoms with Gasteiger partial charge in [0.2, 0.25) is 0 Å². The molecule has 0 saturated carbocycles. The molecule has 2 unspecified atom stereocenters. The van der Waals surface area contributed by atoms with Gasteiger partial charge in [0.25, 0.3) is 0 Å². The number of aliphatic imine (C=N–C) groups is 1. The summed E-state index contributed by atoms with van der Waals surface area (Å²) in [6.45, 7) is 17.1. The molecule has 0 spiro atoms. The van der Waals surface area contributed by atoms with E-state index in [1.54, 1.807) is 0 Å². The van der Waals surface area contributed by atoms with Gasteiger partial charge in [0, 0.05) is 50.3 Å². The SMILES string of the molecule is CCNC(=NCC1CCCN(CC(C)C)C1)N1CCSC(CC)C1. The predicted octanol–water partition coefficient (Wildman–Crippen LogP) is 3.15. The first-order valence-corrected chi connectivity index (χ1v) is 11.0. The van der Waals surface area contributed by atoms with Crippen LogP contribution in [0, 0.1) is 11.8 Å². The fourth-order valence-electron chi connectivity index (χ4n) is 3.78. The fourth-order valence-corrected chi connectivity index (χ4v) is 4.96. The minimum atomic E-state index is 0.729. The first kappa shape index (κ1) is 19.9. The molecule has 0 aromatic rings. The molecule has 0 aromatic heterocycles. The van der Waals surface area contributed by atoms with Gasteiger partial charge in [0.1, 0.15) is 0 Å². The fraction of sp³-hybridized carbons (Fsp3) is 0.947. The van der Waals surface area contributed by atoms with Crippen molar-refractivity contribution in [3.63, 3.8) is 0 Å². The number of hydrogen-bond donors (Lipinski definition) is 1. The van der Waals surface area contributed by atoms with Crippen LogP contribution in [-0.2, 0) is 0 Å². The number of hydrogen-bond acceptors (Lipinski definition) is 3. The lowest BCUT2D eigenvalue weighted by atomic mass is 9.97. The summed E-state index contributed by atoms with van der Waals surface area (Å²) in [5.41, 5.74) is 0. The molecule has 2 fully saturated rings. The molecule has 2 heterocycles. The number of thioether (sulfide) groups is 1. The van der Waals surface area contributed by atoms with E-state index in [1.165, 1.54) is 44.6 Å². The van der Waals surface area contributed by atoms with Crippen LogP contribution in [0.2, 0.25) is 0 Å². The average molecular weight is 355 g/mol. The number of nitrogens with one attached hydrogen (secondary N) is 1. The molecular formula is C19H38N4S. The largest absolute Gasteiger partial charge is 0.357 e. The zero-order chi connectivity index (χ0) is 17.4. The highest BCUT2D eigenvalue weighted by Crippen LogP contribution is 2.22. The number of guanidine groups is 1. The van der Waals surface area contributed by atoms with E-state index in [1.807, 2.05) is 0 Å². The maximum Gasteiger partial charge on any atom is 0.193 e. The highest BCUT2D eigenvalue weighted by atomic mass is 32.2. The monoisotopic (exact) mass is 354 g/mol. The Hall–Kier alpha value is -0.420. The molecule has 2 rings (SSSR count). The normalized spacial score (nSPS) is 26.9. The minimum absolute atomic E-state index is 0.729. The third-order valence-electron chi connectivity index (χ3n) is 4.95. The Balaban J connectivity index is 1.90. The van der Waals surface area contributed by atoms with Gasteiger partial charge in [0.15, 0.2) is 5.96 Å². The number of rotatable bonds is 6. The van der Waals surface area contributed by atoms with Crippen molar-refractivity contribution in [3.8, 4) is 0 Å². The Morgan fingerprint density at radius 3 is 2.79 bits per heavy atom. The van der Waals surface area contributed by atoms with E-state index < -0.39 is 0 Å². The summed E-state index contributed by atoms with van der Waals surface area (Å²) in [5, 5.41) is 4.30. The lowest BCUT2D eigenvalue weighted by Crippen LogP contribution is -2.48. The predicted molar refractivity (Wildman–Crippen MR) is 108 cm³/mol. The van der Waals surface area contributed by atoms with E-state index in [2.05, 4.69) is 54.6 Å². The number of likely N-dealkylation sites (tertiary alicyclic amines) is 1. The van der Waals surface area contributed by atoms with Crippen molar-refractivity contribution in [1.82, 2.24) is 15.1 Å². The standard InChI is InChI=1S/C19H38N4S/c1-5-18-15-23(10-11-24-18)19(20-6-2)21-12-17-8-7-9-22(14-17)13-16(3)4/h16-18H,5-15H2,1-4H3,(H,20,21). The van der Waals surface area contributed by atoms with Gasteiger partial charge in [-0.25, -0.2) is 0 Å². The topological polar surface area (TPSA) is 30.9 Å². The van der Waals surface area contributed by atoms with Crippen LogP contribution in [0.1, 0.15) is 47.0 Å². The molecule has 2 aliphatic rings. The van der Waals surface area contributed by atoms with Gasteiger partial charge >= 0.3 is 0 Å². The molecule has 0 aliphatic carbocycles. The first-order valence-electron chi connectivity index (χ1n) is 9.99. The molecule has 1 N–H and O–H groups in total. The van der Waals surface area contributed by atoms with Crippen LogP contribution in [0.4, 0.5) is 0 Å². The van der Waals surface area contributed by atoms with Crippen LogP contribution < -0.4 is 5.32 Å². The van der Waals surface area contributed by atoms with Crippen molar-refractivity contribution in [1.29, 1.82) is 0 Å². The Bertz CT molecular complexity index is 386. The van der Waals surface area contributed by atoms with Crippen LogP contribution in [0.25, 0.3) is 0 Å². The van der Waals surface area contributed by atoms with Crippen LogP contribution in [-0.4, -0.2) is 72.6 Å². The van der Waals surface area contributed by atoms with Crippen molar-refractivity contribution >= 4 is 17.7 Å². The maximum atomic E-state index is 5.04. The van der Waals surface area contributed by atoms with Crippen molar-refractivity contribution in [3.05, 3.63) is 0 Å². The van der Waals surface area contributed by atoms with E-state index in [9.17, 15) is 0 Å². The third kappa shape index (κ3) is 6.47. The Labute approximate surface area is 153 Å². The molecule has 0 aromatic carbocycles. The molecule has 2 atom stereocenters. The minimum Gasteiger partial charge on any atom is -0.357 e. The van der Waals surface area contributed by atoms with E-state index in [0.29, 0.717) is 0 Å². The van der Waals surface area contributed by atoms with Gasteiger partial charge in [-0.05, 0) is 44.6 Å². The second-order valence-electron chi connectivity index (χ2n) is 7.70. The molecule has 0 radical (unpaired) electrons. The van der Waals surface area contributed by atoms with Crippen LogP contribution in [0.3, 0.4) is 0 Å². The molecule has 2 saturated heterocycles. The number of piperidine rings is 1. The average Bonchev–Trinajstić information content (AvgIpc) is 2.58. The Morgan fingerprint density at radius 1 is 1.25 bits per heavy atom. The summed E-state index contributed by atoms with van der Waals surface area (Å²) in [6.07, 6.45) is 3.93. The highest BCUT2D eigenvalue weighted by Gasteiger charge is 2.23. The molecule has 140 valence electrons. The molecule has 24 heavy (non-hydrogen) atoms. The Morgan fingerprint density at radius 2 is 2.08 bits per heavy atom. The van der Waals surface area contributed by atoms with E-state index >= 15 is 0 Å². The van der Waals surface area contributed by atoms with E-state index in [4.69, 9.17) is 4.99 Å². The molecule has 5 heteroatoms. The summed E-state index contributed by atoms with van der Waals surface area (Å²) in [7, 11) is 0. The summed E-state index contributed by atoms with van der Waals surface area (Å²) in [6, 6.07) is 0. The molecule has 0 bridgehead atoms. The second kappa shape index (κ2) is 10.5. The second-order valence-corrected chi connectivity index (χ2v) is 9.11. The van der Waals surface area contributed by atoms with E-state index in [0.717, 1.165) is 49.2 Å². The third-order valence-corrected chi connectivity index (χ3v) is 6.33. The van der Waals surface area contributed by atoms with Gasteiger partial charge in [0.05, 0.1) is 0 Å². The zero-order valence-electron chi connectivity index (χ0n) is 16.3. The van der Waals surface area contributed by atoms with Gasteiger partial charge in [-0.15, -0.1) is 0 Å².